The van der Waals surface area contributed by atoms with E-state index in [1.165, 1.54) is 24.3 Å². The highest BCUT2D eigenvalue weighted by Crippen LogP contribution is 2.70. The molecule has 434 valence electrons. The first-order chi connectivity index (χ1) is 38.1. The fourth-order valence-electron chi connectivity index (χ4n) is 16.4. The van der Waals surface area contributed by atoms with Gasteiger partial charge >= 0.3 is 11.9 Å². The van der Waals surface area contributed by atoms with E-state index in [2.05, 4.69) is 6.92 Å². The summed E-state index contributed by atoms with van der Waals surface area (Å²) in [6, 6.07) is 16.6. The molecule has 0 bridgehead atoms. The lowest BCUT2D eigenvalue weighted by molar-refractivity contribution is -0.336. The molecule has 7 fully saturated rings. The summed E-state index contributed by atoms with van der Waals surface area (Å²) >= 11 is 0. The molecule has 4 saturated carbocycles. The van der Waals surface area contributed by atoms with Crippen molar-refractivity contribution in [2.75, 3.05) is 6.61 Å². The van der Waals surface area contributed by atoms with Crippen LogP contribution in [0.25, 0.3) is 0 Å². The van der Waals surface area contributed by atoms with Gasteiger partial charge in [-0.3, -0.25) is 0 Å². The molecule has 0 unspecified atom stereocenters. The maximum Gasteiger partial charge on any atom is 0.340 e. The number of cyclic esters (lactones) is 1. The molecule has 1 spiro atoms. The van der Waals surface area contributed by atoms with E-state index in [-0.39, 0.29) is 72.6 Å². The van der Waals surface area contributed by atoms with Crippen molar-refractivity contribution in [3.63, 3.8) is 0 Å². The number of benzene rings is 3. The first-order valence-corrected chi connectivity index (χ1v) is 28.7. The zero-order valence-corrected chi connectivity index (χ0v) is 45.8. The van der Waals surface area contributed by atoms with Crippen LogP contribution in [0.2, 0.25) is 0 Å². The first-order valence-electron chi connectivity index (χ1n) is 28.7. The van der Waals surface area contributed by atoms with E-state index in [1.54, 1.807) is 44.2 Å². The number of aliphatic hydroxyl groups is 6. The molecule has 21 atom stereocenters. The van der Waals surface area contributed by atoms with Gasteiger partial charge in [0.2, 0.25) is 0 Å². The summed E-state index contributed by atoms with van der Waals surface area (Å²) in [5.41, 5.74) is 0.392. The quantitative estimate of drug-likeness (QED) is 0.101. The van der Waals surface area contributed by atoms with E-state index < -0.39 is 102 Å². The minimum atomic E-state index is -1.17. The van der Waals surface area contributed by atoms with Gasteiger partial charge in [0.05, 0.1) is 60.0 Å². The van der Waals surface area contributed by atoms with E-state index in [1.807, 2.05) is 26.0 Å². The number of hydrogen-bond acceptors (Lipinski definition) is 19. The Labute approximate surface area is 464 Å². The van der Waals surface area contributed by atoms with Crippen LogP contribution < -0.4 is 4.74 Å². The van der Waals surface area contributed by atoms with Crippen molar-refractivity contribution in [1.82, 2.24) is 0 Å². The summed E-state index contributed by atoms with van der Waals surface area (Å²) in [6.45, 7) is 9.90. The Bertz CT molecular complexity index is 2790. The molecular weight excluding hydrogens is 1040 g/mol. The topological polar surface area (TPSA) is 279 Å². The molecule has 8 N–H and O–H groups in total. The molecule has 0 radical (unpaired) electrons. The minimum absolute atomic E-state index is 0.0371. The number of carbonyl (C=O) groups excluding carboxylic acids is 2. The number of hydrogen-bond donors (Lipinski definition) is 8. The van der Waals surface area contributed by atoms with Crippen LogP contribution in [0.3, 0.4) is 0 Å². The van der Waals surface area contributed by atoms with Gasteiger partial charge in [0.15, 0.2) is 24.5 Å². The van der Waals surface area contributed by atoms with Crippen LogP contribution in [-0.2, 0) is 48.3 Å². The smallest absolute Gasteiger partial charge is 0.340 e. The van der Waals surface area contributed by atoms with Crippen LogP contribution in [0.4, 0.5) is 0 Å². The van der Waals surface area contributed by atoms with Crippen molar-refractivity contribution in [2.24, 2.45) is 34.5 Å². The van der Waals surface area contributed by atoms with Gasteiger partial charge in [-0.15, -0.1) is 0 Å². The molecule has 19 nitrogen and oxygen atoms in total. The Morgan fingerprint density at radius 3 is 1.82 bits per heavy atom. The van der Waals surface area contributed by atoms with Crippen LogP contribution in [0.1, 0.15) is 132 Å². The van der Waals surface area contributed by atoms with Crippen molar-refractivity contribution >= 4 is 11.9 Å². The third-order valence-electron chi connectivity index (χ3n) is 20.6. The normalized spacial score (nSPS) is 43.1. The summed E-state index contributed by atoms with van der Waals surface area (Å²) in [6.07, 6.45) is -1.51. The molecule has 80 heavy (non-hydrogen) atoms. The van der Waals surface area contributed by atoms with Crippen molar-refractivity contribution in [3.05, 3.63) is 94.6 Å². The average molecular weight is 1110 g/mol. The summed E-state index contributed by atoms with van der Waals surface area (Å²) < 4.78 is 53.9. The van der Waals surface area contributed by atoms with Crippen LogP contribution in [0.5, 0.6) is 23.0 Å². The summed E-state index contributed by atoms with van der Waals surface area (Å²) in [5.74, 6) is 0.612. The molecule has 6 aliphatic heterocycles. The van der Waals surface area contributed by atoms with Gasteiger partial charge < -0.3 is 83.5 Å². The highest BCUT2D eigenvalue weighted by Gasteiger charge is 2.71. The van der Waals surface area contributed by atoms with Crippen LogP contribution >= 0.6 is 0 Å². The maximum atomic E-state index is 12.6. The average Bonchev–Trinajstić information content (AvgIpc) is 4.23. The fraction of sp³-hybridized carbons (Fsp3) is 0.639. The summed E-state index contributed by atoms with van der Waals surface area (Å²) in [5, 5.41) is 86.5. The standard InChI is InChI=1S/C41H64O14.C20H12O5/c1-19-36(47)28(42)15-34(50-19)54-38-21(3)52-35(17-30(38)44)55-37-20(2)51-33(16-29(37)43)53-24-8-10-39(4)23(13-24)6-7-26-27(39)14-31(45)40(5)25(9-11-41(26,40)48)22-12-32(46)49-18-22;21-11-5-7-15-17(9-11)24-18-10-12(22)6-8-16(18)20(15)14-4-2-1-3-13(14)19(23)25-20/h12,19-21,23-31,33-38,42-45,47-48H,6-11,13-18H2,1-5H3;1-10,21-22H/t19-,20-,21-,23-,24+,25-,26-,27+,28+,29+,30+,31-,33+,34+,35+,36-,37-,38-,39+,40+,41+;/m1./s1. The largest absolute Gasteiger partial charge is 0.508 e. The van der Waals surface area contributed by atoms with Crippen molar-refractivity contribution in [2.45, 2.75) is 202 Å². The number of aliphatic hydroxyl groups excluding tert-OH is 5. The van der Waals surface area contributed by atoms with Crippen LogP contribution in [-0.4, -0.2) is 151 Å². The second-order valence-corrected chi connectivity index (χ2v) is 24.9. The third-order valence-corrected chi connectivity index (χ3v) is 20.6. The molecule has 6 heterocycles. The van der Waals surface area contributed by atoms with Gasteiger partial charge in [0.1, 0.15) is 47.9 Å². The molecule has 3 saturated heterocycles. The summed E-state index contributed by atoms with van der Waals surface area (Å²) in [4.78, 5) is 24.5. The van der Waals surface area contributed by atoms with Gasteiger partial charge in [0.25, 0.3) is 0 Å². The maximum absolute atomic E-state index is 12.6. The van der Waals surface area contributed by atoms with E-state index in [0.29, 0.717) is 52.5 Å². The third kappa shape index (κ3) is 9.17. The first kappa shape index (κ1) is 55.8. The summed E-state index contributed by atoms with van der Waals surface area (Å²) in [7, 11) is 0. The number of rotatable bonds is 7. The Morgan fingerprint density at radius 1 is 0.625 bits per heavy atom. The molecule has 4 aliphatic carbocycles. The number of phenols is 2. The number of carbonyl (C=O) groups is 2. The molecule has 3 aromatic rings. The molecule has 3 aromatic carbocycles. The monoisotopic (exact) mass is 1110 g/mol. The van der Waals surface area contributed by atoms with Crippen molar-refractivity contribution in [1.29, 1.82) is 0 Å². The van der Waals surface area contributed by atoms with Gasteiger partial charge in [-0.25, -0.2) is 9.59 Å². The lowest BCUT2D eigenvalue weighted by Crippen LogP contribution is -2.67. The van der Waals surface area contributed by atoms with Gasteiger partial charge in [-0.1, -0.05) is 32.0 Å². The van der Waals surface area contributed by atoms with Crippen LogP contribution in [0.15, 0.2) is 72.3 Å². The predicted octanol–water partition coefficient (Wildman–Crippen LogP) is 5.88. The fourth-order valence-corrected chi connectivity index (χ4v) is 16.4. The Balaban J connectivity index is 0.000000211. The number of esters is 2. The Kier molecular flexibility index (Phi) is 14.5. The molecule has 0 aromatic heterocycles. The van der Waals surface area contributed by atoms with Gasteiger partial charge in [-0.2, -0.15) is 0 Å². The molecule has 0 amide bonds. The number of fused-ring (bicyclic) bond motifs is 11. The lowest BCUT2D eigenvalue weighted by Gasteiger charge is -2.65. The molecule has 19 heteroatoms. The molecule has 13 rings (SSSR count). The van der Waals surface area contributed by atoms with Gasteiger partial charge in [-0.05, 0) is 137 Å². The zero-order valence-electron chi connectivity index (χ0n) is 45.8. The van der Waals surface area contributed by atoms with E-state index in [0.717, 1.165) is 44.1 Å². The highest BCUT2D eigenvalue weighted by molar-refractivity contribution is 5.97. The zero-order chi connectivity index (χ0) is 56.4. The molecular formula is C61H76O19. The van der Waals surface area contributed by atoms with Crippen molar-refractivity contribution < 1.29 is 93.1 Å². The Morgan fingerprint density at radius 2 is 1.23 bits per heavy atom. The second kappa shape index (κ2) is 20.8. The Hall–Kier alpha value is -4.74. The second-order valence-electron chi connectivity index (χ2n) is 24.9. The SMILES string of the molecule is C[C@H]1O[C@@H](O[C@H]2[C@@H](O)C[C@H](O[C@H]3[C@@H](O)C[C@H](O[C@H]4CC[C@@]5(C)[C@H](CC[C@@H]6[C@@H]5C[C@@H](O)[C@]5(C)[C@@H](C7=CC(=O)OC7)CC[C@]65O)C4)O[C@@H]3C)O[C@@H]2C)C[C@H](O)[C@@H]1O.O=C1OC2(c3ccc(O)cc3Oc3cc(O)ccc32)c2ccccc21. The predicted molar refractivity (Wildman–Crippen MR) is 281 cm³/mol. The van der Waals surface area contributed by atoms with Gasteiger partial charge in [0, 0.05) is 59.6 Å². The van der Waals surface area contributed by atoms with E-state index in [4.69, 9.17) is 42.6 Å². The van der Waals surface area contributed by atoms with Crippen molar-refractivity contribution in [3.8, 4) is 23.0 Å². The number of aromatic hydroxyl groups is 2. The van der Waals surface area contributed by atoms with Crippen LogP contribution in [0, 0.1) is 34.5 Å². The molecule has 10 aliphatic rings. The lowest BCUT2D eigenvalue weighted by atomic mass is 9.42. The minimum Gasteiger partial charge on any atom is -0.508 e. The highest BCUT2D eigenvalue weighted by atomic mass is 16.7. The number of phenolic OH excluding ortho intramolecular Hbond substituents is 2. The van der Waals surface area contributed by atoms with E-state index >= 15 is 0 Å². The number of ether oxygens (including phenoxy) is 9. The van der Waals surface area contributed by atoms with E-state index in [9.17, 15) is 50.4 Å².